The number of nitrogens with zero attached hydrogens (tertiary/aromatic N) is 1. The molecule has 112 valence electrons. The Morgan fingerprint density at radius 2 is 2.24 bits per heavy atom. The summed E-state index contributed by atoms with van der Waals surface area (Å²) < 4.78 is 0. The fourth-order valence-corrected chi connectivity index (χ4v) is 3.42. The highest BCUT2D eigenvalue weighted by molar-refractivity contribution is 6.00. The minimum atomic E-state index is -0.599. The molecular weight excluding hydrogens is 262 g/mol. The molecule has 4 heteroatoms. The molecule has 0 aliphatic heterocycles. The van der Waals surface area contributed by atoms with Gasteiger partial charge in [-0.1, -0.05) is 19.8 Å². The molecule has 4 N–H and O–H groups in total. The topological polar surface area (TPSA) is 71.2 Å². The second kappa shape index (κ2) is 5.53. The van der Waals surface area contributed by atoms with Crippen LogP contribution in [0.3, 0.4) is 0 Å². The summed E-state index contributed by atoms with van der Waals surface area (Å²) in [5.41, 5.74) is 7.13. The van der Waals surface area contributed by atoms with Crippen LogP contribution < -0.4 is 11.1 Å². The number of nitrogens with one attached hydrogen (secondary N) is 1. The average molecular weight is 285 g/mol. The maximum Gasteiger partial charge on any atom is 0.0821 e. The largest absolute Gasteiger partial charge is 0.398 e. The van der Waals surface area contributed by atoms with Crippen molar-refractivity contribution in [3.8, 4) is 0 Å². The van der Waals surface area contributed by atoms with Gasteiger partial charge in [0, 0.05) is 41.1 Å². The van der Waals surface area contributed by atoms with E-state index in [1.807, 2.05) is 18.2 Å². The molecule has 1 fully saturated rings. The first-order valence-corrected chi connectivity index (χ1v) is 7.66. The van der Waals surface area contributed by atoms with Crippen molar-refractivity contribution in [1.29, 1.82) is 0 Å². The molecule has 0 bridgehead atoms. The lowest BCUT2D eigenvalue weighted by Crippen LogP contribution is -2.41. The van der Waals surface area contributed by atoms with Crippen LogP contribution >= 0.6 is 0 Å². The van der Waals surface area contributed by atoms with Crippen molar-refractivity contribution in [1.82, 2.24) is 4.98 Å². The molecule has 0 spiro atoms. The van der Waals surface area contributed by atoms with Gasteiger partial charge < -0.3 is 16.2 Å². The van der Waals surface area contributed by atoms with Crippen LogP contribution in [0.4, 0.5) is 11.4 Å². The Morgan fingerprint density at radius 3 is 3.05 bits per heavy atom. The Bertz CT molecular complexity index is 643. The third-order valence-electron chi connectivity index (χ3n) is 4.53. The molecule has 1 heterocycles. The second-order valence-electron chi connectivity index (χ2n) is 6.40. The van der Waals surface area contributed by atoms with Crippen molar-refractivity contribution >= 4 is 22.1 Å². The van der Waals surface area contributed by atoms with Crippen LogP contribution in [0.1, 0.15) is 32.6 Å². The first-order valence-electron chi connectivity index (χ1n) is 7.66. The van der Waals surface area contributed by atoms with E-state index in [4.69, 9.17) is 5.73 Å². The molecule has 1 aromatic heterocycles. The zero-order valence-corrected chi connectivity index (χ0v) is 12.5. The highest BCUT2D eigenvalue weighted by Crippen LogP contribution is 2.33. The zero-order valence-electron chi connectivity index (χ0n) is 12.5. The number of aromatic nitrogens is 1. The fraction of sp³-hybridized carbons (Fsp3) is 0.471. The standard InChI is InChI=1S/C17H23N3O/c1-12-3-2-7-17(21,9-12)11-20-16-5-4-15(18)14-10-19-8-6-13(14)16/h4-6,8,10,12,20-21H,2-3,7,9,11,18H2,1H3. The summed E-state index contributed by atoms with van der Waals surface area (Å²) in [6.07, 6.45) is 7.62. The Morgan fingerprint density at radius 1 is 1.38 bits per heavy atom. The predicted molar refractivity (Wildman–Crippen MR) is 87.2 cm³/mol. The molecule has 1 aromatic carbocycles. The van der Waals surface area contributed by atoms with E-state index in [9.17, 15) is 5.11 Å². The maximum atomic E-state index is 10.7. The van der Waals surface area contributed by atoms with E-state index in [1.54, 1.807) is 12.4 Å². The summed E-state index contributed by atoms with van der Waals surface area (Å²) in [6.45, 7) is 2.80. The number of nitrogens with two attached hydrogens (primary N) is 1. The molecule has 0 amide bonds. The second-order valence-corrected chi connectivity index (χ2v) is 6.40. The van der Waals surface area contributed by atoms with Gasteiger partial charge in [0.1, 0.15) is 0 Å². The van der Waals surface area contributed by atoms with Gasteiger partial charge in [-0.3, -0.25) is 4.98 Å². The van der Waals surface area contributed by atoms with Crippen LogP contribution in [0.5, 0.6) is 0 Å². The van der Waals surface area contributed by atoms with Crippen molar-refractivity contribution < 1.29 is 5.11 Å². The maximum absolute atomic E-state index is 10.7. The summed E-state index contributed by atoms with van der Waals surface area (Å²) >= 11 is 0. The predicted octanol–water partition coefficient (Wildman–Crippen LogP) is 3.17. The van der Waals surface area contributed by atoms with E-state index in [-0.39, 0.29) is 0 Å². The van der Waals surface area contributed by atoms with Crippen LogP contribution in [0.15, 0.2) is 30.6 Å². The highest BCUT2D eigenvalue weighted by Gasteiger charge is 2.32. The fourth-order valence-electron chi connectivity index (χ4n) is 3.42. The normalized spacial score (nSPS) is 25.9. The number of hydrogen-bond acceptors (Lipinski definition) is 4. The van der Waals surface area contributed by atoms with Crippen LogP contribution in [0.25, 0.3) is 10.8 Å². The smallest absolute Gasteiger partial charge is 0.0821 e. The van der Waals surface area contributed by atoms with E-state index >= 15 is 0 Å². The van der Waals surface area contributed by atoms with Gasteiger partial charge in [0.2, 0.25) is 0 Å². The van der Waals surface area contributed by atoms with Crippen molar-refractivity contribution in [3.63, 3.8) is 0 Å². The number of benzene rings is 1. The van der Waals surface area contributed by atoms with Gasteiger partial charge in [-0.05, 0) is 37.0 Å². The van der Waals surface area contributed by atoms with E-state index < -0.39 is 5.60 Å². The lowest BCUT2D eigenvalue weighted by Gasteiger charge is -2.36. The molecule has 3 rings (SSSR count). The van der Waals surface area contributed by atoms with Crippen LogP contribution in [-0.4, -0.2) is 22.2 Å². The SMILES string of the molecule is CC1CCCC(O)(CNc2ccc(N)c3cnccc23)C1. The summed E-state index contributed by atoms with van der Waals surface area (Å²) in [4.78, 5) is 4.13. The van der Waals surface area contributed by atoms with Gasteiger partial charge in [-0.2, -0.15) is 0 Å². The molecule has 2 aromatic rings. The van der Waals surface area contributed by atoms with Gasteiger partial charge in [-0.25, -0.2) is 0 Å². The summed E-state index contributed by atoms with van der Waals surface area (Å²) in [5, 5.41) is 16.1. The van der Waals surface area contributed by atoms with E-state index in [0.29, 0.717) is 12.5 Å². The number of anilines is 2. The first kappa shape index (κ1) is 14.1. The van der Waals surface area contributed by atoms with Crippen molar-refractivity contribution in [2.75, 3.05) is 17.6 Å². The molecule has 21 heavy (non-hydrogen) atoms. The van der Waals surface area contributed by atoms with E-state index in [1.165, 1.54) is 6.42 Å². The van der Waals surface area contributed by atoms with Crippen molar-refractivity contribution in [2.45, 2.75) is 38.2 Å². The number of hydrogen-bond donors (Lipinski definition) is 3. The molecule has 4 nitrogen and oxygen atoms in total. The number of pyridine rings is 1. The monoisotopic (exact) mass is 285 g/mol. The summed E-state index contributed by atoms with van der Waals surface area (Å²) in [7, 11) is 0. The lowest BCUT2D eigenvalue weighted by atomic mass is 9.79. The zero-order chi connectivity index (χ0) is 14.9. The highest BCUT2D eigenvalue weighted by atomic mass is 16.3. The molecule has 1 aliphatic rings. The molecular formula is C17H23N3O. The number of rotatable bonds is 3. The van der Waals surface area contributed by atoms with Gasteiger partial charge in [0.25, 0.3) is 0 Å². The van der Waals surface area contributed by atoms with Crippen LogP contribution in [0, 0.1) is 5.92 Å². The quantitative estimate of drug-likeness (QED) is 0.757. The summed E-state index contributed by atoms with van der Waals surface area (Å²) in [5.74, 6) is 0.595. The number of nitrogen functional groups attached to an aromatic ring is 1. The van der Waals surface area contributed by atoms with Crippen LogP contribution in [0.2, 0.25) is 0 Å². The van der Waals surface area contributed by atoms with E-state index in [2.05, 4.69) is 17.2 Å². The van der Waals surface area contributed by atoms with Crippen molar-refractivity contribution in [2.24, 2.45) is 5.92 Å². The molecule has 2 atom stereocenters. The molecule has 0 saturated heterocycles. The average Bonchev–Trinajstić information content (AvgIpc) is 2.47. The van der Waals surface area contributed by atoms with Gasteiger partial charge in [0.15, 0.2) is 0 Å². The Balaban J connectivity index is 1.81. The molecule has 2 unspecified atom stereocenters. The number of aliphatic hydroxyl groups is 1. The third kappa shape index (κ3) is 2.95. The first-order chi connectivity index (χ1) is 10.1. The van der Waals surface area contributed by atoms with Gasteiger partial charge in [-0.15, -0.1) is 0 Å². The lowest BCUT2D eigenvalue weighted by molar-refractivity contribution is -0.000737. The third-order valence-corrected chi connectivity index (χ3v) is 4.53. The minimum Gasteiger partial charge on any atom is -0.398 e. The molecule has 0 radical (unpaired) electrons. The summed E-state index contributed by atoms with van der Waals surface area (Å²) in [6, 6.07) is 5.83. The van der Waals surface area contributed by atoms with Gasteiger partial charge in [0.05, 0.1) is 5.60 Å². The minimum absolute atomic E-state index is 0.582. The van der Waals surface area contributed by atoms with Gasteiger partial charge >= 0.3 is 0 Å². The Kier molecular flexibility index (Phi) is 3.72. The Hall–Kier alpha value is -1.81. The molecule has 1 saturated carbocycles. The Labute approximate surface area is 125 Å². The number of fused-ring (bicyclic) bond motifs is 1. The molecule has 1 aliphatic carbocycles. The van der Waals surface area contributed by atoms with E-state index in [0.717, 1.165) is 41.4 Å². The van der Waals surface area contributed by atoms with Crippen LogP contribution in [-0.2, 0) is 0 Å². The van der Waals surface area contributed by atoms with Crippen molar-refractivity contribution in [3.05, 3.63) is 30.6 Å².